The van der Waals surface area contributed by atoms with Gasteiger partial charge < -0.3 is 10.2 Å². The Balaban J connectivity index is 1.83. The maximum atomic E-state index is 13.5. The minimum Gasteiger partial charge on any atom is -0.358 e. The summed E-state index contributed by atoms with van der Waals surface area (Å²) in [6.07, 6.45) is 1.26. The molecule has 5 nitrogen and oxygen atoms in total. The van der Waals surface area contributed by atoms with Gasteiger partial charge in [-0.05, 0) is 13.0 Å². The highest BCUT2D eigenvalue weighted by atomic mass is 32.2. The molecule has 1 aromatic carbocycles. The molecule has 0 saturated carbocycles. The van der Waals surface area contributed by atoms with Crippen LogP contribution >= 0.6 is 11.8 Å². The summed E-state index contributed by atoms with van der Waals surface area (Å²) in [5, 5.41) is 3.34. The highest BCUT2D eigenvalue weighted by Crippen LogP contribution is 2.23. The number of nitrogens with one attached hydrogen (secondary N) is 1. The summed E-state index contributed by atoms with van der Waals surface area (Å²) < 4.78 is 26.8. The molecular weight excluding hydrogens is 322 g/mol. The number of thioether (sulfide) groups is 1. The van der Waals surface area contributed by atoms with E-state index in [1.807, 2.05) is 11.8 Å². The van der Waals surface area contributed by atoms with Crippen molar-refractivity contribution in [3.05, 3.63) is 30.1 Å². The van der Waals surface area contributed by atoms with E-state index in [1.54, 1.807) is 11.8 Å². The van der Waals surface area contributed by atoms with Gasteiger partial charge >= 0.3 is 0 Å². The Morgan fingerprint density at radius 2 is 1.96 bits per heavy atom. The first-order chi connectivity index (χ1) is 11.1. The monoisotopic (exact) mass is 338 g/mol. The molecule has 0 radical (unpaired) electrons. The van der Waals surface area contributed by atoms with E-state index in [1.165, 1.54) is 6.33 Å². The highest BCUT2D eigenvalue weighted by Gasteiger charge is 2.23. The van der Waals surface area contributed by atoms with Gasteiger partial charge in [0.05, 0.1) is 5.52 Å². The summed E-state index contributed by atoms with van der Waals surface area (Å²) >= 11 is 1.82. The Bertz CT molecular complexity index is 737. The predicted molar refractivity (Wildman–Crippen MR) is 86.4 cm³/mol. The topological polar surface area (TPSA) is 58.1 Å². The molecule has 0 spiro atoms. The van der Waals surface area contributed by atoms with Gasteiger partial charge in [-0.1, -0.05) is 0 Å². The third kappa shape index (κ3) is 3.36. The van der Waals surface area contributed by atoms with E-state index in [0.717, 1.165) is 36.7 Å². The fourth-order valence-electron chi connectivity index (χ4n) is 2.49. The molecule has 0 bridgehead atoms. The number of fused-ring (bicyclic) bond motifs is 1. The number of aromatic nitrogens is 2. The van der Waals surface area contributed by atoms with Crippen molar-refractivity contribution in [1.29, 1.82) is 0 Å². The van der Waals surface area contributed by atoms with Crippen LogP contribution in [0.3, 0.4) is 0 Å². The number of carbonyl (C=O) groups is 1. The van der Waals surface area contributed by atoms with Gasteiger partial charge in [-0.3, -0.25) is 4.79 Å². The number of halogens is 2. The minimum atomic E-state index is -0.970. The van der Waals surface area contributed by atoms with Crippen molar-refractivity contribution in [2.24, 2.45) is 0 Å². The highest BCUT2D eigenvalue weighted by molar-refractivity contribution is 7.99. The van der Waals surface area contributed by atoms with Crippen molar-refractivity contribution >= 4 is 34.4 Å². The summed E-state index contributed by atoms with van der Waals surface area (Å²) in [5.74, 6) is 0.221. The van der Waals surface area contributed by atoms with Crippen LogP contribution in [-0.4, -0.2) is 51.4 Å². The Morgan fingerprint density at radius 3 is 2.70 bits per heavy atom. The van der Waals surface area contributed by atoms with Crippen LogP contribution in [0.4, 0.5) is 14.6 Å². The van der Waals surface area contributed by atoms with E-state index in [2.05, 4.69) is 15.3 Å². The van der Waals surface area contributed by atoms with Crippen LogP contribution in [0, 0.1) is 11.6 Å². The second-order valence-corrected chi connectivity index (χ2v) is 6.53. The molecule has 2 aromatic rings. The number of carbonyl (C=O) groups excluding carboxylic acids is 1. The van der Waals surface area contributed by atoms with Gasteiger partial charge in [0.1, 0.15) is 18.2 Å². The van der Waals surface area contributed by atoms with Crippen molar-refractivity contribution in [3.63, 3.8) is 0 Å². The fraction of sp³-hybridized carbons (Fsp3) is 0.400. The van der Waals surface area contributed by atoms with Gasteiger partial charge in [-0.15, -0.1) is 0 Å². The van der Waals surface area contributed by atoms with Gasteiger partial charge in [0.15, 0.2) is 11.6 Å². The van der Waals surface area contributed by atoms with Gasteiger partial charge in [0, 0.05) is 36.0 Å². The number of benzene rings is 1. The Morgan fingerprint density at radius 1 is 1.26 bits per heavy atom. The van der Waals surface area contributed by atoms with Crippen LogP contribution in [0.1, 0.15) is 6.92 Å². The summed E-state index contributed by atoms with van der Waals surface area (Å²) in [7, 11) is 0. The molecule has 0 aliphatic carbocycles. The van der Waals surface area contributed by atoms with Crippen LogP contribution in [0.25, 0.3) is 10.9 Å². The molecule has 1 aliphatic rings. The molecule has 3 rings (SSSR count). The zero-order chi connectivity index (χ0) is 16.4. The van der Waals surface area contributed by atoms with Gasteiger partial charge in [-0.2, -0.15) is 11.8 Å². The average molecular weight is 338 g/mol. The van der Waals surface area contributed by atoms with Crippen LogP contribution in [0.15, 0.2) is 18.5 Å². The predicted octanol–water partition coefficient (Wildman–Crippen LogP) is 2.28. The molecule has 1 aromatic heterocycles. The van der Waals surface area contributed by atoms with Crippen molar-refractivity contribution in [2.75, 3.05) is 29.9 Å². The lowest BCUT2D eigenvalue weighted by Crippen LogP contribution is -2.45. The van der Waals surface area contributed by atoms with Gasteiger partial charge in [-0.25, -0.2) is 18.7 Å². The molecule has 122 valence electrons. The van der Waals surface area contributed by atoms with Crippen molar-refractivity contribution in [1.82, 2.24) is 14.9 Å². The van der Waals surface area contributed by atoms with Crippen LogP contribution in [0.5, 0.6) is 0 Å². The quantitative estimate of drug-likeness (QED) is 0.930. The zero-order valence-corrected chi connectivity index (χ0v) is 13.4. The first kappa shape index (κ1) is 15.9. The molecule has 1 amide bonds. The maximum absolute atomic E-state index is 13.5. The number of rotatable bonds is 3. The van der Waals surface area contributed by atoms with Crippen molar-refractivity contribution < 1.29 is 13.6 Å². The summed E-state index contributed by atoms with van der Waals surface area (Å²) in [6.45, 7) is 3.18. The lowest BCUT2D eigenvalue weighted by atomic mass is 10.2. The summed E-state index contributed by atoms with van der Waals surface area (Å²) in [4.78, 5) is 22.2. The van der Waals surface area contributed by atoms with E-state index >= 15 is 0 Å². The van der Waals surface area contributed by atoms with E-state index in [0.29, 0.717) is 11.2 Å². The average Bonchev–Trinajstić information content (AvgIpc) is 2.56. The molecule has 23 heavy (non-hydrogen) atoms. The maximum Gasteiger partial charge on any atom is 0.244 e. The number of anilines is 1. The molecule has 8 heteroatoms. The van der Waals surface area contributed by atoms with Crippen LogP contribution < -0.4 is 5.32 Å². The smallest absolute Gasteiger partial charge is 0.244 e. The van der Waals surface area contributed by atoms with E-state index in [-0.39, 0.29) is 11.4 Å². The molecule has 1 saturated heterocycles. The SMILES string of the molecule is CC(Nc1ncnc2cc(F)c(F)cc12)C(=O)N1CCSCC1. The minimum absolute atomic E-state index is 0.0281. The molecule has 1 atom stereocenters. The van der Waals surface area contributed by atoms with E-state index < -0.39 is 17.7 Å². The molecule has 1 aliphatic heterocycles. The van der Waals surface area contributed by atoms with Crippen molar-refractivity contribution in [3.8, 4) is 0 Å². The summed E-state index contributed by atoms with van der Waals surface area (Å²) in [6, 6.07) is 1.55. The number of nitrogens with zero attached hydrogens (tertiary/aromatic N) is 3. The first-order valence-electron chi connectivity index (χ1n) is 7.29. The van der Waals surface area contributed by atoms with E-state index in [9.17, 15) is 13.6 Å². The van der Waals surface area contributed by atoms with E-state index in [4.69, 9.17) is 0 Å². The lowest BCUT2D eigenvalue weighted by molar-refractivity contribution is -0.131. The Labute approximate surface area is 136 Å². The van der Waals surface area contributed by atoms with Gasteiger partial charge in [0.2, 0.25) is 5.91 Å². The molecule has 1 unspecified atom stereocenters. The van der Waals surface area contributed by atoms with Crippen LogP contribution in [-0.2, 0) is 4.79 Å². The molecular formula is C15H16F2N4OS. The van der Waals surface area contributed by atoms with Crippen molar-refractivity contribution in [2.45, 2.75) is 13.0 Å². The summed E-state index contributed by atoms with van der Waals surface area (Å²) in [5.41, 5.74) is 0.287. The third-order valence-electron chi connectivity index (χ3n) is 3.72. The molecule has 1 fully saturated rings. The standard InChI is InChI=1S/C15H16F2N4OS/c1-9(15(22)21-2-4-23-5-3-21)20-14-10-6-11(16)12(17)7-13(10)18-8-19-14/h6-9H,2-5H2,1H3,(H,18,19,20). The second kappa shape index (κ2) is 6.66. The normalized spacial score (nSPS) is 16.4. The molecule has 2 heterocycles. The largest absolute Gasteiger partial charge is 0.358 e. The third-order valence-corrected chi connectivity index (χ3v) is 4.67. The van der Waals surface area contributed by atoms with Gasteiger partial charge in [0.25, 0.3) is 0 Å². The van der Waals surface area contributed by atoms with Crippen LogP contribution in [0.2, 0.25) is 0 Å². The zero-order valence-electron chi connectivity index (χ0n) is 12.6. The Kier molecular flexibility index (Phi) is 4.61. The Hall–Kier alpha value is -1.96. The lowest BCUT2D eigenvalue weighted by Gasteiger charge is -2.29. The number of amides is 1. The number of hydrogen-bond acceptors (Lipinski definition) is 5. The number of hydrogen-bond donors (Lipinski definition) is 1. The first-order valence-corrected chi connectivity index (χ1v) is 8.44. The second-order valence-electron chi connectivity index (χ2n) is 5.31. The fourth-order valence-corrected chi connectivity index (χ4v) is 3.39. The molecule has 1 N–H and O–H groups in total.